The second-order valence-corrected chi connectivity index (χ2v) is 12.0. The van der Waals surface area contributed by atoms with Gasteiger partial charge in [-0.25, -0.2) is 0 Å². The van der Waals surface area contributed by atoms with E-state index in [0.717, 1.165) is 0 Å². The third-order valence-corrected chi connectivity index (χ3v) is 13.0. The molecule has 4 nitrogen and oxygen atoms in total. The topological polar surface area (TPSA) is 52.6 Å². The molecular weight excluding hydrogens is 408 g/mol. The van der Waals surface area contributed by atoms with E-state index in [1.165, 1.54) is 43.2 Å². The summed E-state index contributed by atoms with van der Waals surface area (Å²) < 4.78 is 10.2. The molecule has 5 rings (SSSR count). The van der Waals surface area contributed by atoms with Crippen molar-refractivity contribution < 1.29 is 19.1 Å². The Hall–Kier alpha value is -1.22. The lowest BCUT2D eigenvalue weighted by molar-refractivity contribution is 0.0914. The van der Waals surface area contributed by atoms with Gasteiger partial charge >= 0.3 is 0 Å². The smallest absolute Gasteiger partial charge is 0.197 e. The highest BCUT2D eigenvalue weighted by Gasteiger charge is 2.57. The van der Waals surface area contributed by atoms with Crippen molar-refractivity contribution in [3.8, 4) is 11.5 Å². The molecule has 3 aliphatic heterocycles. The van der Waals surface area contributed by atoms with E-state index in [9.17, 15) is 9.59 Å². The average molecular weight is 421 g/mol. The van der Waals surface area contributed by atoms with Gasteiger partial charge in [-0.1, -0.05) is 67.4 Å². The SMILES string of the molecule is O=C1c2ccccc2OCC12SSC1(COc3ccccc3C1=O)SS2. The summed E-state index contributed by atoms with van der Waals surface area (Å²) in [6.07, 6.45) is 0. The second kappa shape index (κ2) is 6.15. The molecule has 3 aliphatic rings. The first kappa shape index (κ1) is 16.9. The van der Waals surface area contributed by atoms with Crippen molar-refractivity contribution >= 4 is 54.7 Å². The van der Waals surface area contributed by atoms with Crippen LogP contribution in [0.1, 0.15) is 20.7 Å². The van der Waals surface area contributed by atoms with Crippen LogP contribution in [0.4, 0.5) is 0 Å². The molecule has 1 saturated heterocycles. The fourth-order valence-electron chi connectivity index (χ4n) is 2.99. The number of fused-ring (bicyclic) bond motifs is 2. The zero-order valence-electron chi connectivity index (χ0n) is 13.3. The van der Waals surface area contributed by atoms with Gasteiger partial charge < -0.3 is 9.47 Å². The number of carbonyl (C=O) groups excluding carboxylic acids is 2. The highest BCUT2D eigenvalue weighted by Crippen LogP contribution is 2.68. The molecule has 0 unspecified atom stereocenters. The number of ketones is 2. The summed E-state index contributed by atoms with van der Waals surface area (Å²) in [5, 5.41) is 0. The van der Waals surface area contributed by atoms with Crippen molar-refractivity contribution in [1.29, 1.82) is 0 Å². The van der Waals surface area contributed by atoms with Crippen LogP contribution >= 0.6 is 43.2 Å². The Kier molecular flexibility index (Phi) is 4.00. The van der Waals surface area contributed by atoms with Crippen molar-refractivity contribution in [2.45, 2.75) is 8.16 Å². The predicted molar refractivity (Wildman–Crippen MR) is 108 cm³/mol. The van der Waals surface area contributed by atoms with Crippen molar-refractivity contribution in [1.82, 2.24) is 0 Å². The highest BCUT2D eigenvalue weighted by molar-refractivity contribution is 8.94. The van der Waals surface area contributed by atoms with E-state index >= 15 is 0 Å². The van der Waals surface area contributed by atoms with E-state index in [2.05, 4.69) is 0 Å². The number of para-hydroxylation sites is 2. The van der Waals surface area contributed by atoms with Gasteiger partial charge in [0.1, 0.15) is 24.7 Å². The van der Waals surface area contributed by atoms with Gasteiger partial charge in [-0.3, -0.25) is 9.59 Å². The van der Waals surface area contributed by atoms with Crippen LogP contribution in [-0.2, 0) is 0 Å². The largest absolute Gasteiger partial charge is 0.490 e. The van der Waals surface area contributed by atoms with Crippen LogP contribution in [-0.4, -0.2) is 32.9 Å². The number of rotatable bonds is 0. The van der Waals surface area contributed by atoms with Gasteiger partial charge in [0.15, 0.2) is 19.7 Å². The highest BCUT2D eigenvalue weighted by atomic mass is 33.2. The van der Waals surface area contributed by atoms with Crippen molar-refractivity contribution in [3.63, 3.8) is 0 Å². The van der Waals surface area contributed by atoms with E-state index in [-0.39, 0.29) is 11.6 Å². The summed E-state index contributed by atoms with van der Waals surface area (Å²) in [5.74, 6) is 1.36. The molecule has 2 spiro atoms. The Labute approximate surface area is 166 Å². The van der Waals surface area contributed by atoms with Crippen LogP contribution in [0.15, 0.2) is 48.5 Å². The standard InChI is InChI=1S/C18H12O4S4/c19-15-11-5-1-3-7-13(11)21-9-17(15)23-25-18(26-24-17)10-22-14-8-4-2-6-12(14)16(18)20/h1-8H,9-10H2. The molecule has 0 aromatic heterocycles. The first-order valence-electron chi connectivity index (χ1n) is 7.91. The van der Waals surface area contributed by atoms with Gasteiger partial charge in [0, 0.05) is 0 Å². The Morgan fingerprint density at radius 2 is 1.04 bits per heavy atom. The molecule has 132 valence electrons. The first-order chi connectivity index (χ1) is 12.6. The molecule has 0 atom stereocenters. The molecule has 1 fully saturated rings. The maximum Gasteiger partial charge on any atom is 0.197 e. The third-order valence-electron chi connectivity index (χ3n) is 4.41. The van der Waals surface area contributed by atoms with E-state index in [0.29, 0.717) is 35.8 Å². The molecule has 2 aromatic carbocycles. The zero-order valence-corrected chi connectivity index (χ0v) is 16.6. The van der Waals surface area contributed by atoms with Crippen LogP contribution in [0, 0.1) is 0 Å². The van der Waals surface area contributed by atoms with Crippen LogP contribution in [0.25, 0.3) is 0 Å². The quantitative estimate of drug-likeness (QED) is 0.568. The van der Waals surface area contributed by atoms with Gasteiger partial charge in [0.25, 0.3) is 0 Å². The number of hydrogen-bond acceptors (Lipinski definition) is 8. The maximum atomic E-state index is 13.1. The minimum Gasteiger partial charge on any atom is -0.490 e. The summed E-state index contributed by atoms with van der Waals surface area (Å²) in [6, 6.07) is 14.6. The molecule has 26 heavy (non-hydrogen) atoms. The molecule has 2 aromatic rings. The molecule has 3 heterocycles. The summed E-state index contributed by atoms with van der Waals surface area (Å²) in [4.78, 5) is 26.2. The lowest BCUT2D eigenvalue weighted by atomic mass is 10.0. The van der Waals surface area contributed by atoms with Crippen LogP contribution in [0.3, 0.4) is 0 Å². The lowest BCUT2D eigenvalue weighted by Gasteiger charge is -2.44. The Bertz CT molecular complexity index is 845. The molecule has 0 bridgehead atoms. The molecular formula is C18H12O4S4. The van der Waals surface area contributed by atoms with Crippen LogP contribution in [0.5, 0.6) is 11.5 Å². The van der Waals surface area contributed by atoms with Gasteiger partial charge in [0.05, 0.1) is 11.1 Å². The van der Waals surface area contributed by atoms with Gasteiger partial charge in [-0.15, -0.1) is 0 Å². The second-order valence-electron chi connectivity index (χ2n) is 6.07. The third kappa shape index (κ3) is 2.42. The van der Waals surface area contributed by atoms with Crippen molar-refractivity contribution in [3.05, 3.63) is 59.7 Å². The molecule has 0 radical (unpaired) electrons. The normalized spacial score (nSPS) is 29.7. The van der Waals surface area contributed by atoms with E-state index in [1.54, 1.807) is 12.1 Å². The first-order valence-corrected chi connectivity index (χ1v) is 12.2. The summed E-state index contributed by atoms with van der Waals surface area (Å²) in [5.41, 5.74) is 1.21. The molecule has 0 saturated carbocycles. The summed E-state index contributed by atoms with van der Waals surface area (Å²) in [6.45, 7) is 0.583. The van der Waals surface area contributed by atoms with Gasteiger partial charge in [-0.05, 0) is 24.3 Å². The molecule has 8 heteroatoms. The summed E-state index contributed by atoms with van der Waals surface area (Å²) in [7, 11) is 5.70. The van der Waals surface area contributed by atoms with E-state index in [1.807, 2.05) is 36.4 Å². The van der Waals surface area contributed by atoms with E-state index < -0.39 is 8.16 Å². The fourth-order valence-corrected chi connectivity index (χ4v) is 11.2. The number of carbonyl (C=O) groups is 2. The minimum absolute atomic E-state index is 0.0498. The maximum absolute atomic E-state index is 13.1. The number of Topliss-reactive ketones (excluding diaryl/α,β-unsaturated/α-hetero) is 2. The zero-order chi connectivity index (χ0) is 17.8. The van der Waals surface area contributed by atoms with Crippen molar-refractivity contribution in [2.75, 3.05) is 13.2 Å². The number of ether oxygens (including phenoxy) is 2. The van der Waals surface area contributed by atoms with Gasteiger partial charge in [-0.2, -0.15) is 0 Å². The number of benzene rings is 2. The summed E-state index contributed by atoms with van der Waals surface area (Å²) >= 11 is 0. The fraction of sp³-hybridized carbons (Fsp3) is 0.222. The Morgan fingerprint density at radius 3 is 1.46 bits per heavy atom. The average Bonchev–Trinajstić information content (AvgIpc) is 2.70. The van der Waals surface area contributed by atoms with Gasteiger partial charge in [0.2, 0.25) is 0 Å². The Morgan fingerprint density at radius 1 is 0.654 bits per heavy atom. The van der Waals surface area contributed by atoms with E-state index in [4.69, 9.17) is 9.47 Å². The molecule has 0 N–H and O–H groups in total. The van der Waals surface area contributed by atoms with Crippen LogP contribution < -0.4 is 9.47 Å². The molecule has 0 amide bonds. The van der Waals surface area contributed by atoms with Crippen LogP contribution in [0.2, 0.25) is 0 Å². The number of hydrogen-bond donors (Lipinski definition) is 0. The minimum atomic E-state index is -0.744. The predicted octanol–water partition coefficient (Wildman–Crippen LogP) is 4.71. The Balaban J connectivity index is 1.42. The molecule has 0 aliphatic carbocycles. The lowest BCUT2D eigenvalue weighted by Crippen LogP contribution is -2.48. The van der Waals surface area contributed by atoms with Crippen molar-refractivity contribution in [2.24, 2.45) is 0 Å². The monoisotopic (exact) mass is 420 g/mol.